The molecule has 0 bridgehead atoms. The molecule has 1 fully saturated rings. The van der Waals surface area contributed by atoms with Crippen LogP contribution in [0.2, 0.25) is 0 Å². The van der Waals surface area contributed by atoms with E-state index in [2.05, 4.69) is 12.1 Å². The third-order valence-electron chi connectivity index (χ3n) is 3.67. The van der Waals surface area contributed by atoms with E-state index in [0.29, 0.717) is 17.1 Å². The molecule has 2 aliphatic rings. The van der Waals surface area contributed by atoms with Crippen molar-refractivity contribution < 1.29 is 19.3 Å². The van der Waals surface area contributed by atoms with Gasteiger partial charge in [-0.1, -0.05) is 0 Å². The average Bonchev–Trinajstić information content (AvgIpc) is 2.92. The molecular formula is C13H17N4O4+. The van der Waals surface area contributed by atoms with Crippen LogP contribution in [0.5, 0.6) is 11.5 Å². The average molecular weight is 293 g/mol. The number of ether oxygens (including phenoxy) is 2. The fourth-order valence-corrected chi connectivity index (χ4v) is 2.34. The highest BCUT2D eigenvalue weighted by atomic mass is 16.7. The van der Waals surface area contributed by atoms with E-state index in [1.165, 1.54) is 17.2 Å². The van der Waals surface area contributed by atoms with Gasteiger partial charge in [-0.15, -0.1) is 0 Å². The monoisotopic (exact) mass is 293 g/mol. The lowest BCUT2D eigenvalue weighted by molar-refractivity contribution is -0.884. The second-order valence-electron chi connectivity index (χ2n) is 5.18. The van der Waals surface area contributed by atoms with E-state index < -0.39 is 4.92 Å². The van der Waals surface area contributed by atoms with Crippen molar-refractivity contribution in [3.05, 3.63) is 27.8 Å². The van der Waals surface area contributed by atoms with Gasteiger partial charge in [-0.05, 0) is 6.07 Å². The molecule has 2 aliphatic heterocycles. The molecule has 8 heteroatoms. The van der Waals surface area contributed by atoms with Crippen LogP contribution in [-0.2, 0) is 0 Å². The van der Waals surface area contributed by atoms with Crippen molar-refractivity contribution in [3.63, 3.8) is 0 Å². The van der Waals surface area contributed by atoms with E-state index in [4.69, 9.17) is 9.47 Å². The maximum absolute atomic E-state index is 11.1. The molecule has 1 saturated heterocycles. The van der Waals surface area contributed by atoms with Crippen LogP contribution in [0.25, 0.3) is 0 Å². The molecule has 0 saturated carbocycles. The first-order chi connectivity index (χ1) is 10.1. The molecule has 1 aromatic carbocycles. The third-order valence-corrected chi connectivity index (χ3v) is 3.67. The minimum Gasteiger partial charge on any atom is -0.454 e. The summed E-state index contributed by atoms with van der Waals surface area (Å²) in [5.41, 5.74) is 0.401. The molecule has 0 spiro atoms. The standard InChI is InChI=1S/C13H16N4O4/c1-15-2-4-16(5-3-15)14-8-10-6-12-13(21-9-20-12)7-11(10)17(18)19/h6-8H,2-5,9H2,1H3/p+1/b14-8-. The van der Waals surface area contributed by atoms with E-state index in [0.717, 1.165) is 26.2 Å². The van der Waals surface area contributed by atoms with E-state index in [1.807, 2.05) is 5.01 Å². The Bertz CT molecular complexity index is 582. The normalized spacial score (nSPS) is 18.4. The number of nitro benzene ring substituents is 1. The second kappa shape index (κ2) is 5.57. The zero-order valence-electron chi connectivity index (χ0n) is 11.7. The van der Waals surface area contributed by atoms with Crippen molar-refractivity contribution in [1.82, 2.24) is 5.01 Å². The van der Waals surface area contributed by atoms with Gasteiger partial charge in [-0.3, -0.25) is 15.1 Å². The van der Waals surface area contributed by atoms with Crippen molar-refractivity contribution in [3.8, 4) is 11.5 Å². The summed E-state index contributed by atoms with van der Waals surface area (Å²) < 4.78 is 10.4. The van der Waals surface area contributed by atoms with Gasteiger partial charge in [0.05, 0.1) is 56.0 Å². The van der Waals surface area contributed by atoms with Gasteiger partial charge in [-0.25, -0.2) is 0 Å². The van der Waals surface area contributed by atoms with E-state index in [9.17, 15) is 10.1 Å². The molecular weight excluding hydrogens is 276 g/mol. The van der Waals surface area contributed by atoms with Gasteiger partial charge in [0, 0.05) is 0 Å². The van der Waals surface area contributed by atoms with Crippen LogP contribution >= 0.6 is 0 Å². The maximum Gasteiger partial charge on any atom is 0.282 e. The summed E-state index contributed by atoms with van der Waals surface area (Å²) in [6.45, 7) is 3.82. The molecule has 0 radical (unpaired) electrons. The highest BCUT2D eigenvalue weighted by molar-refractivity contribution is 5.87. The molecule has 1 N–H and O–H groups in total. The number of benzene rings is 1. The third kappa shape index (κ3) is 2.89. The predicted molar refractivity (Wildman–Crippen MR) is 75.0 cm³/mol. The SMILES string of the molecule is C[NH+]1CCN(/N=C\c2cc3c(cc2[N+](=O)[O-])OCO3)CC1. The summed E-state index contributed by atoms with van der Waals surface area (Å²) in [7, 11) is 2.14. The lowest BCUT2D eigenvalue weighted by Gasteiger charge is -2.27. The number of nitro groups is 1. The van der Waals surface area contributed by atoms with E-state index in [1.54, 1.807) is 6.07 Å². The van der Waals surface area contributed by atoms with Crippen molar-refractivity contribution in [2.75, 3.05) is 40.0 Å². The summed E-state index contributed by atoms with van der Waals surface area (Å²) in [6, 6.07) is 2.99. The van der Waals surface area contributed by atoms with Crippen molar-refractivity contribution >= 4 is 11.9 Å². The lowest BCUT2D eigenvalue weighted by atomic mass is 10.1. The number of nitrogens with one attached hydrogen (secondary N) is 1. The number of nitrogens with zero attached hydrogens (tertiary/aromatic N) is 3. The Morgan fingerprint density at radius 1 is 1.33 bits per heavy atom. The summed E-state index contributed by atoms with van der Waals surface area (Å²) >= 11 is 0. The van der Waals surface area contributed by atoms with Crippen LogP contribution in [0.4, 0.5) is 5.69 Å². The molecule has 8 nitrogen and oxygen atoms in total. The van der Waals surface area contributed by atoms with Gasteiger partial charge >= 0.3 is 0 Å². The van der Waals surface area contributed by atoms with Gasteiger partial charge in [0.15, 0.2) is 11.5 Å². The fourth-order valence-electron chi connectivity index (χ4n) is 2.34. The summed E-state index contributed by atoms with van der Waals surface area (Å²) in [5, 5.41) is 17.4. The quantitative estimate of drug-likeness (QED) is 0.461. The molecule has 21 heavy (non-hydrogen) atoms. The topological polar surface area (TPSA) is 81.6 Å². The van der Waals surface area contributed by atoms with Gasteiger partial charge < -0.3 is 14.4 Å². The van der Waals surface area contributed by atoms with Crippen molar-refractivity contribution in [1.29, 1.82) is 0 Å². The molecule has 0 unspecified atom stereocenters. The Morgan fingerprint density at radius 2 is 2.00 bits per heavy atom. The van der Waals surface area contributed by atoms with Crippen LogP contribution < -0.4 is 14.4 Å². The van der Waals surface area contributed by atoms with Gasteiger partial charge in [-0.2, -0.15) is 5.10 Å². The molecule has 0 aliphatic carbocycles. The Hall–Kier alpha value is -2.35. The van der Waals surface area contributed by atoms with Crippen molar-refractivity contribution in [2.45, 2.75) is 0 Å². The Balaban J connectivity index is 1.82. The zero-order valence-corrected chi connectivity index (χ0v) is 11.7. The molecule has 2 heterocycles. The number of hydrogen-bond donors (Lipinski definition) is 1. The van der Waals surface area contributed by atoms with Crippen LogP contribution in [0.3, 0.4) is 0 Å². The smallest absolute Gasteiger partial charge is 0.282 e. The number of fused-ring (bicyclic) bond motifs is 1. The molecule has 0 aromatic heterocycles. The summed E-state index contributed by atoms with van der Waals surface area (Å²) in [5.74, 6) is 0.923. The first-order valence-corrected chi connectivity index (χ1v) is 6.82. The molecule has 0 atom stereocenters. The Labute approximate surface area is 121 Å². The fraction of sp³-hybridized carbons (Fsp3) is 0.462. The minimum absolute atomic E-state index is 0.0252. The van der Waals surface area contributed by atoms with Gasteiger partial charge in [0.1, 0.15) is 0 Å². The lowest BCUT2D eigenvalue weighted by Crippen LogP contribution is -3.11. The number of rotatable bonds is 3. The van der Waals surface area contributed by atoms with Crippen LogP contribution in [0.15, 0.2) is 17.2 Å². The van der Waals surface area contributed by atoms with E-state index in [-0.39, 0.29) is 12.5 Å². The predicted octanol–water partition coefficient (Wildman–Crippen LogP) is -0.512. The van der Waals surface area contributed by atoms with E-state index >= 15 is 0 Å². The molecule has 1 aromatic rings. The first-order valence-electron chi connectivity index (χ1n) is 6.82. The Morgan fingerprint density at radius 3 is 2.67 bits per heavy atom. The van der Waals surface area contributed by atoms with Crippen LogP contribution in [-0.4, -0.2) is 56.2 Å². The highest BCUT2D eigenvalue weighted by Gasteiger charge is 2.23. The summed E-state index contributed by atoms with van der Waals surface area (Å²) in [6.07, 6.45) is 1.53. The van der Waals surface area contributed by atoms with Crippen molar-refractivity contribution in [2.24, 2.45) is 5.10 Å². The molecule has 112 valence electrons. The maximum atomic E-state index is 11.1. The number of likely N-dealkylation sites (N-methyl/N-ethyl adjacent to an activating group) is 1. The Kier molecular flexibility index (Phi) is 3.61. The highest BCUT2D eigenvalue weighted by Crippen LogP contribution is 2.37. The van der Waals surface area contributed by atoms with Gasteiger partial charge in [0.2, 0.25) is 6.79 Å². The number of hydrogen-bond acceptors (Lipinski definition) is 6. The van der Waals surface area contributed by atoms with Gasteiger partial charge in [0.25, 0.3) is 5.69 Å². The van der Waals surface area contributed by atoms with Crippen LogP contribution in [0, 0.1) is 10.1 Å². The number of hydrazone groups is 1. The minimum atomic E-state index is -0.433. The summed E-state index contributed by atoms with van der Waals surface area (Å²) in [4.78, 5) is 12.2. The number of quaternary nitrogens is 1. The number of piperazine rings is 1. The second-order valence-corrected chi connectivity index (χ2v) is 5.18. The zero-order chi connectivity index (χ0) is 14.8. The first kappa shape index (κ1) is 13.6. The largest absolute Gasteiger partial charge is 0.454 e. The molecule has 0 amide bonds. The molecule has 3 rings (SSSR count). The van der Waals surface area contributed by atoms with Crippen LogP contribution in [0.1, 0.15) is 5.56 Å².